The zero-order valence-corrected chi connectivity index (χ0v) is 17.1. The maximum absolute atomic E-state index is 13.1. The Morgan fingerprint density at radius 1 is 1.26 bits per heavy atom. The summed E-state index contributed by atoms with van der Waals surface area (Å²) >= 11 is 0. The van der Waals surface area contributed by atoms with Crippen LogP contribution in [0.15, 0.2) is 28.1 Å². The van der Waals surface area contributed by atoms with E-state index >= 15 is 0 Å². The molecule has 148 valence electrons. The van der Waals surface area contributed by atoms with Gasteiger partial charge < -0.3 is 4.74 Å². The number of nitrogens with zero attached hydrogens (tertiary/aromatic N) is 3. The fraction of sp³-hybridized carbons (Fsp3) is 0.500. The molecule has 0 atom stereocenters. The molecule has 0 saturated carbocycles. The summed E-state index contributed by atoms with van der Waals surface area (Å²) in [6.45, 7) is 5.20. The number of anilines is 1. The van der Waals surface area contributed by atoms with Gasteiger partial charge in [-0.25, -0.2) is 21.1 Å². The van der Waals surface area contributed by atoms with Crippen LogP contribution in [-0.2, 0) is 24.8 Å². The van der Waals surface area contributed by atoms with Crippen molar-refractivity contribution in [3.8, 4) is 5.75 Å². The summed E-state index contributed by atoms with van der Waals surface area (Å²) in [4.78, 5) is 16.5. The van der Waals surface area contributed by atoms with Crippen LogP contribution in [0.3, 0.4) is 0 Å². The first-order valence-corrected chi connectivity index (χ1v) is 11.3. The highest BCUT2D eigenvalue weighted by Crippen LogP contribution is 2.39. The van der Waals surface area contributed by atoms with Gasteiger partial charge in [0.2, 0.25) is 15.9 Å². The van der Waals surface area contributed by atoms with Crippen LogP contribution in [-0.4, -0.2) is 58.8 Å². The number of hydrogen-bond donors (Lipinski definition) is 0. The summed E-state index contributed by atoms with van der Waals surface area (Å²) in [7, 11) is -6.60. The Morgan fingerprint density at radius 2 is 1.93 bits per heavy atom. The molecule has 0 radical (unpaired) electrons. The normalized spacial score (nSPS) is 21.5. The average Bonchev–Trinajstić information content (AvgIpc) is 3.06. The molecule has 1 saturated heterocycles. The second-order valence-electron chi connectivity index (χ2n) is 7.05. The van der Waals surface area contributed by atoms with Crippen molar-refractivity contribution < 1.29 is 26.4 Å². The van der Waals surface area contributed by atoms with Crippen molar-refractivity contribution in [1.29, 1.82) is 0 Å². The van der Waals surface area contributed by atoms with Gasteiger partial charge in [0, 0.05) is 0 Å². The number of methoxy groups -OCH3 is 1. The van der Waals surface area contributed by atoms with Crippen LogP contribution in [0.5, 0.6) is 5.75 Å². The number of rotatable bonds is 4. The van der Waals surface area contributed by atoms with E-state index in [1.54, 1.807) is 6.92 Å². The Labute approximate surface area is 158 Å². The predicted octanol–water partition coefficient (Wildman–Crippen LogP) is 0.821. The van der Waals surface area contributed by atoms with Gasteiger partial charge in [0.05, 0.1) is 37.1 Å². The first-order valence-electron chi connectivity index (χ1n) is 8.21. The minimum atomic E-state index is -4.02. The smallest absolute Gasteiger partial charge is 0.269 e. The predicted molar refractivity (Wildman–Crippen MR) is 99.9 cm³/mol. The SMILES string of the molecule is COc1ccc(N2C(=O)C(C)(C)CS2(=O)=O)cc1S(=O)(=O)N1CCN=C1C. The van der Waals surface area contributed by atoms with Crippen LogP contribution in [0.4, 0.5) is 5.69 Å². The third kappa shape index (κ3) is 3.08. The van der Waals surface area contributed by atoms with E-state index in [9.17, 15) is 21.6 Å². The van der Waals surface area contributed by atoms with Gasteiger partial charge in [0.25, 0.3) is 10.0 Å². The van der Waals surface area contributed by atoms with E-state index in [1.165, 1.54) is 33.1 Å². The van der Waals surface area contributed by atoms with Gasteiger partial charge in [-0.3, -0.25) is 14.1 Å². The fourth-order valence-corrected chi connectivity index (χ4v) is 6.95. The first kappa shape index (κ1) is 19.6. The van der Waals surface area contributed by atoms with Crippen LogP contribution >= 0.6 is 0 Å². The Hall–Kier alpha value is -2.14. The van der Waals surface area contributed by atoms with Crippen molar-refractivity contribution in [3.63, 3.8) is 0 Å². The maximum atomic E-state index is 13.1. The Kier molecular flexibility index (Phi) is 4.50. The molecule has 1 aromatic carbocycles. The Morgan fingerprint density at radius 3 is 2.41 bits per heavy atom. The summed E-state index contributed by atoms with van der Waals surface area (Å²) in [5.74, 6) is -0.546. The number of carbonyl (C=O) groups excluding carboxylic acids is 1. The van der Waals surface area contributed by atoms with Crippen LogP contribution in [0, 0.1) is 5.41 Å². The van der Waals surface area contributed by atoms with Crippen molar-refractivity contribution in [2.24, 2.45) is 10.4 Å². The zero-order chi connectivity index (χ0) is 20.2. The molecule has 0 unspecified atom stereocenters. The molecule has 0 aromatic heterocycles. The van der Waals surface area contributed by atoms with E-state index in [4.69, 9.17) is 4.74 Å². The summed E-state index contributed by atoms with van der Waals surface area (Å²) < 4.78 is 58.1. The number of amidine groups is 1. The van der Waals surface area contributed by atoms with Crippen LogP contribution in [0.25, 0.3) is 0 Å². The van der Waals surface area contributed by atoms with Gasteiger partial charge in [-0.05, 0) is 39.0 Å². The molecule has 9 nitrogen and oxygen atoms in total. The summed E-state index contributed by atoms with van der Waals surface area (Å²) in [5, 5.41) is 0. The van der Waals surface area contributed by atoms with E-state index in [0.717, 1.165) is 10.4 Å². The van der Waals surface area contributed by atoms with Crippen molar-refractivity contribution in [3.05, 3.63) is 18.2 Å². The summed E-state index contributed by atoms with van der Waals surface area (Å²) in [5.41, 5.74) is -1.12. The van der Waals surface area contributed by atoms with Gasteiger partial charge in [0.15, 0.2) is 0 Å². The van der Waals surface area contributed by atoms with E-state index in [2.05, 4.69) is 4.99 Å². The molecule has 0 N–H and O–H groups in total. The highest BCUT2D eigenvalue weighted by molar-refractivity contribution is 7.94. The second kappa shape index (κ2) is 6.20. The number of hydrogen-bond acceptors (Lipinski definition) is 7. The minimum Gasteiger partial charge on any atom is -0.495 e. The first-order chi connectivity index (χ1) is 12.4. The zero-order valence-electron chi connectivity index (χ0n) is 15.5. The van der Waals surface area contributed by atoms with Crippen LogP contribution in [0.2, 0.25) is 0 Å². The molecule has 1 fully saturated rings. The number of sulfonamides is 2. The highest BCUT2D eigenvalue weighted by Gasteiger charge is 2.50. The van der Waals surface area contributed by atoms with Gasteiger partial charge in [-0.1, -0.05) is 0 Å². The lowest BCUT2D eigenvalue weighted by molar-refractivity contribution is -0.123. The standard InChI is InChI=1S/C16H21N3O6S2/c1-11-17-7-8-18(11)27(23,24)14-9-12(5-6-13(14)25-4)19-15(20)16(2,3)10-26(19,21)22/h5-6,9H,7-8,10H2,1-4H3. The number of benzene rings is 1. The van der Waals surface area contributed by atoms with Gasteiger partial charge in [-0.2, -0.15) is 0 Å². The molecular formula is C16H21N3O6S2. The third-order valence-corrected chi connectivity index (χ3v) is 8.46. The third-order valence-electron chi connectivity index (χ3n) is 4.54. The molecule has 2 aliphatic rings. The fourth-order valence-electron chi connectivity index (χ4n) is 3.21. The van der Waals surface area contributed by atoms with Crippen molar-refractivity contribution in [2.75, 3.05) is 30.3 Å². The van der Waals surface area contributed by atoms with Crippen molar-refractivity contribution >= 4 is 37.5 Å². The topological polar surface area (TPSA) is 113 Å². The lowest BCUT2D eigenvalue weighted by Gasteiger charge is -2.22. The molecule has 0 aliphatic carbocycles. The number of carbonyl (C=O) groups is 1. The van der Waals surface area contributed by atoms with Gasteiger partial charge >= 0.3 is 0 Å². The van der Waals surface area contributed by atoms with Crippen molar-refractivity contribution in [1.82, 2.24) is 4.31 Å². The van der Waals surface area contributed by atoms with E-state index in [1.807, 2.05) is 0 Å². The van der Waals surface area contributed by atoms with Crippen LogP contribution in [0.1, 0.15) is 20.8 Å². The number of amides is 1. The lowest BCUT2D eigenvalue weighted by atomic mass is 9.95. The molecule has 2 aliphatic heterocycles. The summed E-state index contributed by atoms with van der Waals surface area (Å²) in [6.07, 6.45) is 0. The number of ether oxygens (including phenoxy) is 1. The molecule has 11 heteroatoms. The molecule has 3 rings (SSSR count). The quantitative estimate of drug-likeness (QED) is 0.719. The van der Waals surface area contributed by atoms with Crippen molar-refractivity contribution in [2.45, 2.75) is 25.7 Å². The summed E-state index contributed by atoms with van der Waals surface area (Å²) in [6, 6.07) is 3.87. The molecule has 0 spiro atoms. The molecule has 0 bridgehead atoms. The Bertz CT molecular complexity index is 1040. The van der Waals surface area contributed by atoms with E-state index in [-0.39, 0.29) is 28.6 Å². The largest absolute Gasteiger partial charge is 0.495 e. The molecule has 1 aromatic rings. The van der Waals surface area contributed by atoms with Gasteiger partial charge in [0.1, 0.15) is 16.5 Å². The minimum absolute atomic E-state index is 0.0289. The Balaban J connectivity index is 2.16. The highest BCUT2D eigenvalue weighted by atomic mass is 32.2. The van der Waals surface area contributed by atoms with E-state index < -0.39 is 31.4 Å². The maximum Gasteiger partial charge on any atom is 0.269 e. The van der Waals surface area contributed by atoms with E-state index in [0.29, 0.717) is 16.7 Å². The molecular weight excluding hydrogens is 394 g/mol. The monoisotopic (exact) mass is 415 g/mol. The average molecular weight is 415 g/mol. The van der Waals surface area contributed by atoms with Crippen LogP contribution < -0.4 is 9.04 Å². The molecule has 2 heterocycles. The van der Waals surface area contributed by atoms with Gasteiger partial charge in [-0.15, -0.1) is 0 Å². The lowest BCUT2D eigenvalue weighted by Crippen LogP contribution is -2.34. The molecule has 1 amide bonds. The second-order valence-corrected chi connectivity index (χ2v) is 10.7. The number of aliphatic imine (C=N–C) groups is 1. The molecule has 27 heavy (non-hydrogen) atoms.